The van der Waals surface area contributed by atoms with Gasteiger partial charge >= 0.3 is 0 Å². The number of nitrogens with zero attached hydrogens (tertiary/aromatic N) is 1. The Kier molecular flexibility index (Phi) is 9.03. The number of guanidine groups is 1. The zero-order chi connectivity index (χ0) is 19.5. The number of hydrogen-bond donors (Lipinski definition) is 3. The number of rotatable bonds is 9. The van der Waals surface area contributed by atoms with Gasteiger partial charge in [0.05, 0.1) is 11.9 Å². The molecule has 0 amide bonds. The van der Waals surface area contributed by atoms with Gasteiger partial charge in [-0.1, -0.05) is 37.3 Å². The largest absolute Gasteiger partial charge is 0.377 e. The van der Waals surface area contributed by atoms with E-state index in [-0.39, 0.29) is 11.9 Å². The summed E-state index contributed by atoms with van der Waals surface area (Å²) in [5.74, 6) is 0.920. The lowest BCUT2D eigenvalue weighted by Gasteiger charge is -2.22. The van der Waals surface area contributed by atoms with Gasteiger partial charge in [0.1, 0.15) is 0 Å². The minimum Gasteiger partial charge on any atom is -0.377 e. The molecule has 1 fully saturated rings. The molecule has 27 heavy (non-hydrogen) atoms. The van der Waals surface area contributed by atoms with Crippen LogP contribution in [-0.4, -0.2) is 59.5 Å². The molecule has 2 atom stereocenters. The molecule has 2 rings (SSSR count). The Balaban J connectivity index is 1.67. The van der Waals surface area contributed by atoms with Gasteiger partial charge in [0.15, 0.2) is 5.96 Å². The highest BCUT2D eigenvalue weighted by Gasteiger charge is 2.17. The predicted octanol–water partition coefficient (Wildman–Crippen LogP) is 1.44. The quantitative estimate of drug-likeness (QED) is 0.434. The van der Waals surface area contributed by atoms with Gasteiger partial charge in [-0.25, -0.2) is 13.1 Å². The second-order valence-electron chi connectivity index (χ2n) is 6.85. The first-order valence-electron chi connectivity index (χ1n) is 9.58. The predicted molar refractivity (Wildman–Crippen MR) is 110 cm³/mol. The van der Waals surface area contributed by atoms with E-state index < -0.39 is 10.0 Å². The molecule has 8 heteroatoms. The molecule has 0 saturated carbocycles. The normalized spacial score (nSPS) is 19.5. The summed E-state index contributed by atoms with van der Waals surface area (Å²) in [4.78, 5) is 4.15. The van der Waals surface area contributed by atoms with Crippen LogP contribution in [0.2, 0.25) is 0 Å². The fourth-order valence-corrected chi connectivity index (χ4v) is 3.89. The molecule has 0 aliphatic carbocycles. The number of aliphatic imine (C=N–C) groups is 1. The summed E-state index contributed by atoms with van der Waals surface area (Å²) < 4.78 is 32.4. The van der Waals surface area contributed by atoms with Gasteiger partial charge in [0.2, 0.25) is 10.0 Å². The van der Waals surface area contributed by atoms with Crippen molar-refractivity contribution >= 4 is 16.0 Å². The third-order valence-corrected chi connectivity index (χ3v) is 5.98. The highest BCUT2D eigenvalue weighted by Crippen LogP contribution is 2.13. The smallest absolute Gasteiger partial charge is 0.213 e. The standard InChI is InChI=1S/C19H32N4O3S/c1-16(17-8-4-3-5-9-17)14-22-19(20-2)21-11-13-27(24,25)23-15-18-10-6-7-12-26-18/h3-5,8-9,16,18,23H,6-7,10-15H2,1-2H3,(H2,20,21,22). The molecule has 2 unspecified atom stereocenters. The molecule has 0 aromatic heterocycles. The highest BCUT2D eigenvalue weighted by atomic mass is 32.2. The maximum Gasteiger partial charge on any atom is 0.213 e. The number of sulfonamides is 1. The maximum atomic E-state index is 12.1. The topological polar surface area (TPSA) is 91.8 Å². The van der Waals surface area contributed by atoms with E-state index in [1.807, 2.05) is 18.2 Å². The molecule has 1 aliphatic rings. The molecule has 1 aliphatic heterocycles. The lowest BCUT2D eigenvalue weighted by atomic mass is 10.0. The van der Waals surface area contributed by atoms with Crippen LogP contribution in [0.3, 0.4) is 0 Å². The molecule has 0 radical (unpaired) electrons. The van der Waals surface area contributed by atoms with Crippen molar-refractivity contribution in [2.24, 2.45) is 4.99 Å². The molecule has 1 aromatic carbocycles. The van der Waals surface area contributed by atoms with Gasteiger partial charge in [-0.2, -0.15) is 0 Å². The first kappa shape index (κ1) is 21.7. The van der Waals surface area contributed by atoms with Crippen molar-refractivity contribution < 1.29 is 13.2 Å². The first-order valence-corrected chi connectivity index (χ1v) is 11.2. The van der Waals surface area contributed by atoms with Crippen LogP contribution in [-0.2, 0) is 14.8 Å². The Labute approximate surface area is 163 Å². The van der Waals surface area contributed by atoms with E-state index >= 15 is 0 Å². The van der Waals surface area contributed by atoms with Crippen LogP contribution in [0.15, 0.2) is 35.3 Å². The second kappa shape index (κ2) is 11.3. The van der Waals surface area contributed by atoms with E-state index in [1.54, 1.807) is 7.05 Å². The van der Waals surface area contributed by atoms with E-state index in [1.165, 1.54) is 5.56 Å². The van der Waals surface area contributed by atoms with Gasteiger partial charge < -0.3 is 15.4 Å². The van der Waals surface area contributed by atoms with Crippen molar-refractivity contribution in [3.8, 4) is 0 Å². The minimum atomic E-state index is -3.33. The van der Waals surface area contributed by atoms with Crippen LogP contribution in [0.5, 0.6) is 0 Å². The van der Waals surface area contributed by atoms with E-state index in [0.717, 1.165) is 25.9 Å². The zero-order valence-corrected chi connectivity index (χ0v) is 17.1. The van der Waals surface area contributed by atoms with Crippen molar-refractivity contribution in [3.05, 3.63) is 35.9 Å². The Morgan fingerprint density at radius 2 is 2.04 bits per heavy atom. The fourth-order valence-electron chi connectivity index (χ4n) is 2.93. The van der Waals surface area contributed by atoms with E-state index in [9.17, 15) is 8.42 Å². The summed E-state index contributed by atoms with van der Waals surface area (Å²) in [7, 11) is -1.66. The lowest BCUT2D eigenvalue weighted by molar-refractivity contribution is 0.0200. The van der Waals surface area contributed by atoms with Crippen LogP contribution in [0.25, 0.3) is 0 Å². The Morgan fingerprint density at radius 3 is 2.70 bits per heavy atom. The first-order chi connectivity index (χ1) is 13.0. The van der Waals surface area contributed by atoms with Crippen molar-refractivity contribution in [2.75, 3.05) is 39.0 Å². The Morgan fingerprint density at radius 1 is 1.26 bits per heavy atom. The second-order valence-corrected chi connectivity index (χ2v) is 8.77. The van der Waals surface area contributed by atoms with Crippen LogP contribution in [0.1, 0.15) is 37.7 Å². The summed E-state index contributed by atoms with van der Waals surface area (Å²) in [6.45, 7) is 4.21. The minimum absolute atomic E-state index is 0.00427. The molecular formula is C19H32N4O3S. The van der Waals surface area contributed by atoms with E-state index in [2.05, 4.69) is 39.4 Å². The van der Waals surface area contributed by atoms with E-state index in [4.69, 9.17) is 4.74 Å². The molecule has 3 N–H and O–H groups in total. The van der Waals surface area contributed by atoms with Crippen LogP contribution in [0, 0.1) is 0 Å². The van der Waals surface area contributed by atoms with E-state index in [0.29, 0.717) is 31.5 Å². The van der Waals surface area contributed by atoms with Crippen molar-refractivity contribution in [1.82, 2.24) is 15.4 Å². The van der Waals surface area contributed by atoms with Gasteiger partial charge in [0.25, 0.3) is 0 Å². The molecule has 1 aromatic rings. The third-order valence-electron chi connectivity index (χ3n) is 4.64. The van der Waals surface area contributed by atoms with Crippen molar-refractivity contribution in [2.45, 2.75) is 38.2 Å². The van der Waals surface area contributed by atoms with Crippen molar-refractivity contribution in [3.63, 3.8) is 0 Å². The molecule has 7 nitrogen and oxygen atoms in total. The SMILES string of the molecule is CN=C(NCCS(=O)(=O)NCC1CCCCO1)NCC(C)c1ccccc1. The number of ether oxygens (including phenoxy) is 1. The van der Waals surface area contributed by atoms with Gasteiger partial charge in [0, 0.05) is 33.3 Å². The zero-order valence-electron chi connectivity index (χ0n) is 16.3. The maximum absolute atomic E-state index is 12.1. The Hall–Kier alpha value is -1.64. The molecule has 1 saturated heterocycles. The van der Waals surface area contributed by atoms with Crippen LogP contribution < -0.4 is 15.4 Å². The highest BCUT2D eigenvalue weighted by molar-refractivity contribution is 7.89. The van der Waals surface area contributed by atoms with Gasteiger partial charge in [-0.15, -0.1) is 0 Å². The van der Waals surface area contributed by atoms with Gasteiger partial charge in [-0.05, 0) is 30.7 Å². The summed E-state index contributed by atoms with van der Waals surface area (Å²) in [5.41, 5.74) is 1.25. The summed E-state index contributed by atoms with van der Waals surface area (Å²) in [6, 6.07) is 10.2. The summed E-state index contributed by atoms with van der Waals surface area (Å²) in [5, 5.41) is 6.30. The molecule has 0 bridgehead atoms. The average Bonchev–Trinajstić information content (AvgIpc) is 2.70. The lowest BCUT2D eigenvalue weighted by Crippen LogP contribution is -2.43. The van der Waals surface area contributed by atoms with Gasteiger partial charge in [-0.3, -0.25) is 4.99 Å². The fraction of sp³-hybridized carbons (Fsp3) is 0.632. The molecule has 1 heterocycles. The number of nitrogens with one attached hydrogen (secondary N) is 3. The Bertz CT molecular complexity index is 673. The summed E-state index contributed by atoms with van der Waals surface area (Å²) >= 11 is 0. The number of hydrogen-bond acceptors (Lipinski definition) is 4. The third kappa shape index (κ3) is 8.28. The average molecular weight is 397 g/mol. The summed E-state index contributed by atoms with van der Waals surface area (Å²) in [6.07, 6.45) is 3.06. The number of benzene rings is 1. The molecular weight excluding hydrogens is 364 g/mol. The monoisotopic (exact) mass is 396 g/mol. The molecule has 0 spiro atoms. The van der Waals surface area contributed by atoms with Crippen LogP contribution >= 0.6 is 0 Å². The van der Waals surface area contributed by atoms with Crippen LogP contribution in [0.4, 0.5) is 0 Å². The molecule has 152 valence electrons. The van der Waals surface area contributed by atoms with Crippen molar-refractivity contribution in [1.29, 1.82) is 0 Å².